The molecule has 0 aliphatic heterocycles. The number of pyridine rings is 1. The van der Waals surface area contributed by atoms with E-state index in [-0.39, 0.29) is 0 Å². The van der Waals surface area contributed by atoms with Crippen molar-refractivity contribution < 1.29 is 0 Å². The Morgan fingerprint density at radius 3 is 2.62 bits per heavy atom. The van der Waals surface area contributed by atoms with Crippen molar-refractivity contribution in [3.8, 4) is 0 Å². The molecule has 2 saturated carbocycles. The Hall–Kier alpha value is -1.45. The van der Waals surface area contributed by atoms with Gasteiger partial charge in [0.05, 0.1) is 5.69 Å². The number of nitrogen functional groups attached to an aromatic ring is 2. The lowest BCUT2D eigenvalue weighted by Gasteiger charge is -2.15. The third-order valence-electron chi connectivity index (χ3n) is 3.91. The standard InChI is InChI=1S/C12H18N4/c13-9-3-4-10(16-11(9)14)15-7-12(5-6-12)8-1-2-8/h3-4,8H,1-2,5-7,13H2,(H3,14,15,16). The SMILES string of the molecule is Nc1ccc(NCC2(C3CC3)CC2)nc1N. The van der Waals surface area contributed by atoms with E-state index in [1.54, 1.807) is 6.07 Å². The van der Waals surface area contributed by atoms with Crippen LogP contribution in [0.15, 0.2) is 12.1 Å². The van der Waals surface area contributed by atoms with E-state index in [1.807, 2.05) is 6.07 Å². The predicted molar refractivity (Wildman–Crippen MR) is 65.9 cm³/mol. The summed E-state index contributed by atoms with van der Waals surface area (Å²) >= 11 is 0. The van der Waals surface area contributed by atoms with Crippen LogP contribution in [0.2, 0.25) is 0 Å². The minimum atomic E-state index is 0.418. The summed E-state index contributed by atoms with van der Waals surface area (Å²) in [6.45, 7) is 1.04. The number of anilines is 3. The fourth-order valence-corrected chi connectivity index (χ4v) is 2.44. The third-order valence-corrected chi connectivity index (χ3v) is 3.91. The zero-order valence-electron chi connectivity index (χ0n) is 9.37. The van der Waals surface area contributed by atoms with Gasteiger partial charge in [-0.2, -0.15) is 0 Å². The highest BCUT2D eigenvalue weighted by Crippen LogP contribution is 2.61. The largest absolute Gasteiger partial charge is 0.396 e. The zero-order chi connectivity index (χ0) is 11.2. The van der Waals surface area contributed by atoms with Crippen molar-refractivity contribution in [2.24, 2.45) is 11.3 Å². The summed E-state index contributed by atoms with van der Waals surface area (Å²) in [6.07, 6.45) is 5.57. The van der Waals surface area contributed by atoms with E-state index in [4.69, 9.17) is 11.5 Å². The van der Waals surface area contributed by atoms with Crippen LogP contribution in [0.25, 0.3) is 0 Å². The Bertz CT molecular complexity index is 407. The quantitative estimate of drug-likeness (QED) is 0.720. The molecular weight excluding hydrogens is 200 g/mol. The summed E-state index contributed by atoms with van der Waals surface area (Å²) in [7, 11) is 0. The van der Waals surface area contributed by atoms with Crippen LogP contribution in [0.4, 0.5) is 17.3 Å². The number of nitrogens with zero attached hydrogens (tertiary/aromatic N) is 1. The van der Waals surface area contributed by atoms with Crippen LogP contribution in [-0.4, -0.2) is 11.5 Å². The first-order valence-corrected chi connectivity index (χ1v) is 5.95. The van der Waals surface area contributed by atoms with E-state index in [2.05, 4.69) is 10.3 Å². The van der Waals surface area contributed by atoms with Crippen molar-refractivity contribution in [3.05, 3.63) is 12.1 Å². The maximum Gasteiger partial charge on any atom is 0.149 e. The molecule has 2 fully saturated rings. The van der Waals surface area contributed by atoms with Gasteiger partial charge in [-0.15, -0.1) is 0 Å². The summed E-state index contributed by atoms with van der Waals surface area (Å²) in [6, 6.07) is 3.70. The van der Waals surface area contributed by atoms with E-state index < -0.39 is 0 Å². The Morgan fingerprint density at radius 1 is 1.31 bits per heavy atom. The molecule has 0 spiro atoms. The highest BCUT2D eigenvalue weighted by Gasteiger charge is 2.53. The predicted octanol–water partition coefficient (Wildman–Crippen LogP) is 1.85. The van der Waals surface area contributed by atoms with Crippen molar-refractivity contribution in [3.63, 3.8) is 0 Å². The molecule has 1 aromatic rings. The number of hydrogen-bond acceptors (Lipinski definition) is 4. The molecule has 2 aliphatic carbocycles. The maximum absolute atomic E-state index is 5.67. The molecule has 0 unspecified atom stereocenters. The van der Waals surface area contributed by atoms with E-state index in [0.29, 0.717) is 16.9 Å². The summed E-state index contributed by atoms with van der Waals surface area (Å²) in [4.78, 5) is 4.22. The Labute approximate surface area is 95.4 Å². The van der Waals surface area contributed by atoms with Gasteiger partial charge in [-0.3, -0.25) is 0 Å². The Kier molecular flexibility index (Phi) is 1.99. The van der Waals surface area contributed by atoms with Crippen LogP contribution in [-0.2, 0) is 0 Å². The fraction of sp³-hybridized carbons (Fsp3) is 0.583. The Morgan fingerprint density at radius 2 is 2.06 bits per heavy atom. The number of hydrogen-bond donors (Lipinski definition) is 3. The minimum Gasteiger partial charge on any atom is -0.396 e. The van der Waals surface area contributed by atoms with Crippen molar-refractivity contribution in [1.82, 2.24) is 4.98 Å². The minimum absolute atomic E-state index is 0.418. The second-order valence-corrected chi connectivity index (χ2v) is 5.16. The molecule has 0 bridgehead atoms. The maximum atomic E-state index is 5.67. The summed E-state index contributed by atoms with van der Waals surface area (Å²) in [5, 5.41) is 3.39. The molecule has 16 heavy (non-hydrogen) atoms. The van der Waals surface area contributed by atoms with E-state index in [0.717, 1.165) is 18.3 Å². The molecule has 2 aliphatic rings. The highest BCUT2D eigenvalue weighted by atomic mass is 15.0. The van der Waals surface area contributed by atoms with Gasteiger partial charge in [0.25, 0.3) is 0 Å². The molecule has 3 rings (SSSR count). The molecule has 0 atom stereocenters. The molecule has 0 saturated heterocycles. The first kappa shape index (κ1) is 9.75. The molecule has 4 nitrogen and oxygen atoms in total. The molecule has 0 aromatic carbocycles. The number of aromatic nitrogens is 1. The van der Waals surface area contributed by atoms with Crippen LogP contribution >= 0.6 is 0 Å². The van der Waals surface area contributed by atoms with Gasteiger partial charge in [0.1, 0.15) is 11.6 Å². The van der Waals surface area contributed by atoms with Crippen molar-refractivity contribution in [2.75, 3.05) is 23.3 Å². The average Bonchev–Trinajstić information content (AvgIpc) is 3.13. The number of rotatable bonds is 4. The van der Waals surface area contributed by atoms with Gasteiger partial charge in [-0.05, 0) is 49.1 Å². The highest BCUT2D eigenvalue weighted by molar-refractivity contribution is 5.61. The summed E-state index contributed by atoms with van der Waals surface area (Å²) < 4.78 is 0. The van der Waals surface area contributed by atoms with Crippen molar-refractivity contribution >= 4 is 17.3 Å². The van der Waals surface area contributed by atoms with Crippen molar-refractivity contribution in [2.45, 2.75) is 25.7 Å². The second-order valence-electron chi connectivity index (χ2n) is 5.16. The van der Waals surface area contributed by atoms with Crippen LogP contribution in [0, 0.1) is 11.3 Å². The molecule has 5 N–H and O–H groups in total. The topological polar surface area (TPSA) is 77.0 Å². The Balaban J connectivity index is 1.63. The lowest BCUT2D eigenvalue weighted by atomic mass is 10.0. The monoisotopic (exact) mass is 218 g/mol. The lowest BCUT2D eigenvalue weighted by Crippen LogP contribution is -2.18. The van der Waals surface area contributed by atoms with E-state index >= 15 is 0 Å². The van der Waals surface area contributed by atoms with Gasteiger partial charge in [-0.1, -0.05) is 0 Å². The van der Waals surface area contributed by atoms with E-state index in [1.165, 1.54) is 25.7 Å². The molecule has 0 amide bonds. The van der Waals surface area contributed by atoms with E-state index in [9.17, 15) is 0 Å². The van der Waals surface area contributed by atoms with Gasteiger partial charge in [0, 0.05) is 6.54 Å². The molecule has 1 heterocycles. The first-order chi connectivity index (χ1) is 7.70. The zero-order valence-corrected chi connectivity index (χ0v) is 9.37. The van der Waals surface area contributed by atoms with Gasteiger partial charge in [0.15, 0.2) is 0 Å². The normalized spacial score (nSPS) is 21.8. The van der Waals surface area contributed by atoms with Gasteiger partial charge >= 0.3 is 0 Å². The first-order valence-electron chi connectivity index (χ1n) is 5.95. The van der Waals surface area contributed by atoms with Gasteiger partial charge < -0.3 is 16.8 Å². The summed E-state index contributed by atoms with van der Waals surface area (Å²) in [5.74, 6) is 2.23. The number of nitrogens with two attached hydrogens (primary N) is 2. The molecule has 0 radical (unpaired) electrons. The smallest absolute Gasteiger partial charge is 0.149 e. The molecule has 86 valence electrons. The summed E-state index contributed by atoms with van der Waals surface area (Å²) in [5.41, 5.74) is 12.4. The number of nitrogens with one attached hydrogen (secondary N) is 1. The van der Waals surface area contributed by atoms with Gasteiger partial charge in [0.2, 0.25) is 0 Å². The third kappa shape index (κ3) is 1.68. The van der Waals surface area contributed by atoms with Gasteiger partial charge in [-0.25, -0.2) is 4.98 Å². The molecular formula is C12H18N4. The van der Waals surface area contributed by atoms with Crippen LogP contribution in [0.3, 0.4) is 0 Å². The second kappa shape index (κ2) is 3.27. The van der Waals surface area contributed by atoms with Crippen molar-refractivity contribution in [1.29, 1.82) is 0 Å². The molecule has 1 aromatic heterocycles. The lowest BCUT2D eigenvalue weighted by molar-refractivity contribution is 0.466. The fourth-order valence-electron chi connectivity index (χ4n) is 2.44. The van der Waals surface area contributed by atoms with Crippen LogP contribution in [0.1, 0.15) is 25.7 Å². The van der Waals surface area contributed by atoms with Crippen LogP contribution < -0.4 is 16.8 Å². The molecule has 4 heteroatoms. The van der Waals surface area contributed by atoms with Crippen LogP contribution in [0.5, 0.6) is 0 Å². The average molecular weight is 218 g/mol.